The second-order valence-corrected chi connectivity index (χ2v) is 7.14. The number of thiophene rings is 1. The van der Waals surface area contributed by atoms with Crippen LogP contribution in [0, 0.1) is 0 Å². The standard InChI is InChI=1S/C16H24N2OS/c1-2-7-18(16(19)11-15-4-3-8-20-15)14-9-12-5-6-13(10-14)17-12/h3-4,8,12-14,17H,2,5-7,9-11H2,1H3. The van der Waals surface area contributed by atoms with Crippen molar-refractivity contribution in [2.45, 2.75) is 63.6 Å². The summed E-state index contributed by atoms with van der Waals surface area (Å²) < 4.78 is 0. The van der Waals surface area contributed by atoms with E-state index in [0.717, 1.165) is 25.8 Å². The molecule has 0 aliphatic carbocycles. The molecule has 0 saturated carbocycles. The molecule has 0 radical (unpaired) electrons. The number of nitrogens with one attached hydrogen (secondary N) is 1. The highest BCUT2D eigenvalue weighted by Crippen LogP contribution is 2.30. The minimum atomic E-state index is 0.320. The molecule has 1 aromatic heterocycles. The van der Waals surface area contributed by atoms with E-state index in [4.69, 9.17) is 0 Å². The maximum Gasteiger partial charge on any atom is 0.228 e. The number of carbonyl (C=O) groups excluding carboxylic acids is 1. The van der Waals surface area contributed by atoms with Crippen LogP contribution in [-0.2, 0) is 11.2 Å². The zero-order valence-corrected chi connectivity index (χ0v) is 13.0. The van der Waals surface area contributed by atoms with Gasteiger partial charge in [-0.05, 0) is 43.6 Å². The van der Waals surface area contributed by atoms with Crippen LogP contribution in [0.15, 0.2) is 17.5 Å². The summed E-state index contributed by atoms with van der Waals surface area (Å²) >= 11 is 1.69. The molecule has 20 heavy (non-hydrogen) atoms. The van der Waals surface area contributed by atoms with Crippen molar-refractivity contribution in [1.29, 1.82) is 0 Å². The van der Waals surface area contributed by atoms with Crippen LogP contribution in [0.4, 0.5) is 0 Å². The van der Waals surface area contributed by atoms with Crippen molar-refractivity contribution >= 4 is 17.2 Å². The lowest BCUT2D eigenvalue weighted by molar-refractivity contribution is -0.133. The largest absolute Gasteiger partial charge is 0.339 e. The lowest BCUT2D eigenvalue weighted by Gasteiger charge is -2.38. The molecular formula is C16H24N2OS. The first-order chi connectivity index (χ1) is 9.76. The number of hydrogen-bond acceptors (Lipinski definition) is 3. The van der Waals surface area contributed by atoms with Crippen molar-refractivity contribution < 1.29 is 4.79 Å². The van der Waals surface area contributed by atoms with E-state index in [-0.39, 0.29) is 0 Å². The van der Waals surface area contributed by atoms with Crippen molar-refractivity contribution in [3.8, 4) is 0 Å². The Bertz CT molecular complexity index is 433. The van der Waals surface area contributed by atoms with Gasteiger partial charge in [-0.15, -0.1) is 11.3 Å². The molecule has 1 N–H and O–H groups in total. The highest BCUT2D eigenvalue weighted by Gasteiger charge is 2.37. The fraction of sp³-hybridized carbons (Fsp3) is 0.688. The normalized spacial score (nSPS) is 28.6. The second-order valence-electron chi connectivity index (χ2n) is 6.11. The summed E-state index contributed by atoms with van der Waals surface area (Å²) in [5, 5.41) is 5.72. The van der Waals surface area contributed by atoms with E-state index in [1.807, 2.05) is 6.07 Å². The quantitative estimate of drug-likeness (QED) is 0.905. The SMILES string of the molecule is CCCN(C(=O)Cc1cccs1)C1CC2CCC(C1)N2. The monoisotopic (exact) mass is 292 g/mol. The summed E-state index contributed by atoms with van der Waals surface area (Å²) in [6, 6.07) is 5.85. The van der Waals surface area contributed by atoms with Gasteiger partial charge in [-0.1, -0.05) is 13.0 Å². The van der Waals surface area contributed by atoms with Gasteiger partial charge in [0.05, 0.1) is 6.42 Å². The predicted octanol–water partition coefficient (Wildman–Crippen LogP) is 2.81. The van der Waals surface area contributed by atoms with Crippen LogP contribution >= 0.6 is 11.3 Å². The zero-order chi connectivity index (χ0) is 13.9. The minimum Gasteiger partial charge on any atom is -0.339 e. The first-order valence-electron chi connectivity index (χ1n) is 7.84. The van der Waals surface area contributed by atoms with E-state index in [1.54, 1.807) is 11.3 Å². The van der Waals surface area contributed by atoms with Gasteiger partial charge in [0, 0.05) is 29.5 Å². The molecule has 110 valence electrons. The number of nitrogens with zero attached hydrogens (tertiary/aromatic N) is 1. The van der Waals surface area contributed by atoms with Crippen LogP contribution in [-0.4, -0.2) is 35.5 Å². The van der Waals surface area contributed by atoms with Crippen molar-refractivity contribution in [1.82, 2.24) is 10.2 Å². The molecule has 3 nitrogen and oxygen atoms in total. The van der Waals surface area contributed by atoms with Gasteiger partial charge in [-0.25, -0.2) is 0 Å². The smallest absolute Gasteiger partial charge is 0.228 e. The van der Waals surface area contributed by atoms with E-state index in [9.17, 15) is 4.79 Å². The van der Waals surface area contributed by atoms with E-state index in [1.165, 1.54) is 17.7 Å². The van der Waals surface area contributed by atoms with Gasteiger partial charge in [0.1, 0.15) is 0 Å². The van der Waals surface area contributed by atoms with Crippen molar-refractivity contribution in [2.24, 2.45) is 0 Å². The van der Waals surface area contributed by atoms with Crippen LogP contribution < -0.4 is 5.32 Å². The topological polar surface area (TPSA) is 32.3 Å². The molecule has 2 saturated heterocycles. The third-order valence-corrected chi connectivity index (χ3v) is 5.46. The van der Waals surface area contributed by atoms with Gasteiger partial charge >= 0.3 is 0 Å². The number of piperidine rings is 1. The molecule has 0 spiro atoms. The molecule has 2 aliphatic heterocycles. The molecule has 1 amide bonds. The Morgan fingerprint density at radius 3 is 2.75 bits per heavy atom. The second kappa shape index (κ2) is 6.27. The number of carbonyl (C=O) groups is 1. The maximum absolute atomic E-state index is 12.6. The van der Waals surface area contributed by atoms with Gasteiger partial charge < -0.3 is 10.2 Å². The fourth-order valence-corrected chi connectivity index (χ4v) is 4.39. The van der Waals surface area contributed by atoms with Crippen LogP contribution in [0.3, 0.4) is 0 Å². The average Bonchev–Trinajstić information content (AvgIpc) is 3.05. The predicted molar refractivity (Wildman–Crippen MR) is 83.0 cm³/mol. The summed E-state index contributed by atoms with van der Waals surface area (Å²) in [6.07, 6.45) is 6.51. The van der Waals surface area contributed by atoms with Crippen LogP contribution in [0.25, 0.3) is 0 Å². The lowest BCUT2D eigenvalue weighted by atomic mass is 9.97. The number of hydrogen-bond donors (Lipinski definition) is 1. The number of amides is 1. The molecule has 3 heterocycles. The number of fused-ring (bicyclic) bond motifs is 2. The Kier molecular flexibility index (Phi) is 4.41. The zero-order valence-electron chi connectivity index (χ0n) is 12.2. The van der Waals surface area contributed by atoms with Gasteiger partial charge in [0.15, 0.2) is 0 Å². The van der Waals surface area contributed by atoms with Crippen molar-refractivity contribution in [2.75, 3.05) is 6.54 Å². The summed E-state index contributed by atoms with van der Waals surface area (Å²) in [5.74, 6) is 0.320. The van der Waals surface area contributed by atoms with Gasteiger partial charge in [-0.2, -0.15) is 0 Å². The summed E-state index contributed by atoms with van der Waals surface area (Å²) in [7, 11) is 0. The molecule has 0 aromatic carbocycles. The molecule has 1 aromatic rings. The van der Waals surface area contributed by atoms with E-state index >= 15 is 0 Å². The lowest BCUT2D eigenvalue weighted by Crippen LogP contribution is -2.50. The van der Waals surface area contributed by atoms with Gasteiger partial charge in [-0.3, -0.25) is 4.79 Å². The highest BCUT2D eigenvalue weighted by molar-refractivity contribution is 7.10. The van der Waals surface area contributed by atoms with Crippen LogP contribution in [0.1, 0.15) is 43.9 Å². The Balaban J connectivity index is 1.66. The Morgan fingerprint density at radius 2 is 2.15 bits per heavy atom. The minimum absolute atomic E-state index is 0.320. The Labute approximate surface area is 125 Å². The van der Waals surface area contributed by atoms with Crippen LogP contribution in [0.2, 0.25) is 0 Å². The summed E-state index contributed by atoms with van der Waals surface area (Å²) in [6.45, 7) is 3.08. The molecule has 3 rings (SSSR count). The number of rotatable bonds is 5. The Morgan fingerprint density at radius 1 is 1.40 bits per heavy atom. The fourth-order valence-electron chi connectivity index (χ4n) is 3.70. The molecule has 2 bridgehead atoms. The molecule has 2 aliphatic rings. The van der Waals surface area contributed by atoms with Crippen molar-refractivity contribution in [3.05, 3.63) is 22.4 Å². The maximum atomic E-state index is 12.6. The summed E-state index contributed by atoms with van der Waals surface area (Å²) in [5.41, 5.74) is 0. The Hall–Kier alpha value is -0.870. The highest BCUT2D eigenvalue weighted by atomic mass is 32.1. The summed E-state index contributed by atoms with van der Waals surface area (Å²) in [4.78, 5) is 16.0. The molecule has 2 unspecified atom stereocenters. The molecule has 2 atom stereocenters. The van der Waals surface area contributed by atoms with Crippen molar-refractivity contribution in [3.63, 3.8) is 0 Å². The van der Waals surface area contributed by atoms with Crippen LogP contribution in [0.5, 0.6) is 0 Å². The third-order valence-electron chi connectivity index (χ3n) is 4.58. The molecule has 4 heteroatoms. The first kappa shape index (κ1) is 14.1. The third kappa shape index (κ3) is 3.07. The van der Waals surface area contributed by atoms with E-state index < -0.39 is 0 Å². The average molecular weight is 292 g/mol. The first-order valence-corrected chi connectivity index (χ1v) is 8.72. The van der Waals surface area contributed by atoms with Gasteiger partial charge in [0.25, 0.3) is 0 Å². The van der Waals surface area contributed by atoms with E-state index in [2.05, 4.69) is 28.6 Å². The van der Waals surface area contributed by atoms with E-state index in [0.29, 0.717) is 30.5 Å². The van der Waals surface area contributed by atoms with Gasteiger partial charge in [0.2, 0.25) is 5.91 Å². The molecular weight excluding hydrogens is 268 g/mol. The molecule has 2 fully saturated rings.